The van der Waals surface area contributed by atoms with Gasteiger partial charge in [0.2, 0.25) is 0 Å². The quantitative estimate of drug-likeness (QED) is 0.175. The van der Waals surface area contributed by atoms with Gasteiger partial charge in [0.15, 0.2) is 11.6 Å². The first-order valence-electron chi connectivity index (χ1n) is 16.6. The monoisotopic (exact) mass is 580 g/mol. The summed E-state index contributed by atoms with van der Waals surface area (Å²) in [6, 6.07) is 15.3. The minimum Gasteiger partial charge on any atom is -0.307 e. The smallest absolute Gasteiger partial charge is 0.162 e. The lowest BCUT2D eigenvalue weighted by molar-refractivity contribution is -0.115. The summed E-state index contributed by atoms with van der Waals surface area (Å²) in [5, 5.41) is 0. The number of allylic oxidation sites excluding steroid dienone is 5. The van der Waals surface area contributed by atoms with E-state index in [4.69, 9.17) is 4.79 Å². The van der Waals surface area contributed by atoms with Gasteiger partial charge in [0.25, 0.3) is 0 Å². The molecular formula is C40H52O3. The Morgan fingerprint density at radius 1 is 0.837 bits per heavy atom. The third-order valence-corrected chi connectivity index (χ3v) is 10.1. The highest BCUT2D eigenvalue weighted by Gasteiger charge is 2.26. The average molecular weight is 581 g/mol. The van der Waals surface area contributed by atoms with Crippen LogP contribution >= 0.6 is 0 Å². The van der Waals surface area contributed by atoms with Crippen molar-refractivity contribution in [2.75, 3.05) is 0 Å². The highest BCUT2D eigenvalue weighted by molar-refractivity contribution is 5.97. The molecule has 0 bridgehead atoms. The summed E-state index contributed by atoms with van der Waals surface area (Å²) in [7, 11) is 0. The van der Waals surface area contributed by atoms with Crippen LogP contribution in [0.25, 0.3) is 0 Å². The number of rotatable bonds is 13. The van der Waals surface area contributed by atoms with Crippen LogP contribution in [-0.2, 0) is 16.0 Å². The van der Waals surface area contributed by atoms with Crippen molar-refractivity contribution in [3.8, 4) is 0 Å². The molecule has 0 unspecified atom stereocenters. The molecule has 2 aromatic rings. The molecule has 3 heteroatoms. The van der Waals surface area contributed by atoms with Crippen molar-refractivity contribution < 1.29 is 15.8 Å². The Hall–Kier alpha value is -3.33. The van der Waals surface area contributed by atoms with E-state index in [2.05, 4.69) is 56.0 Å². The number of hydrogen-bond donors (Lipinski definition) is 0. The van der Waals surface area contributed by atoms with E-state index in [-0.39, 0.29) is 13.0 Å². The van der Waals surface area contributed by atoms with Crippen LogP contribution in [0.15, 0.2) is 78.4 Å². The molecule has 3 aliphatic rings. The Balaban J connectivity index is 0.00000173. The molecule has 0 N–H and O–H groups in total. The molecule has 0 heterocycles. The fourth-order valence-electron chi connectivity index (χ4n) is 7.60. The van der Waals surface area contributed by atoms with Crippen molar-refractivity contribution in [3.05, 3.63) is 106 Å². The minimum absolute atomic E-state index is 0. The molecule has 2 saturated carbocycles. The van der Waals surface area contributed by atoms with Gasteiger partial charge in [-0.25, -0.2) is 0 Å². The number of hydrogen-bond acceptors (Lipinski definition) is 3. The van der Waals surface area contributed by atoms with E-state index in [1.165, 1.54) is 67.2 Å². The highest BCUT2D eigenvalue weighted by atomic mass is 16.1. The Labute approximate surface area is 261 Å². The third kappa shape index (κ3) is 8.85. The maximum atomic E-state index is 13.2. The second kappa shape index (κ2) is 16.5. The average Bonchev–Trinajstić information content (AvgIpc) is 3.76. The number of aryl methyl sites for hydroxylation is 2. The summed E-state index contributed by atoms with van der Waals surface area (Å²) < 4.78 is 0. The maximum absolute atomic E-state index is 13.2. The van der Waals surface area contributed by atoms with Crippen LogP contribution in [0.2, 0.25) is 0 Å². The fourth-order valence-corrected chi connectivity index (χ4v) is 7.60. The van der Waals surface area contributed by atoms with Crippen LogP contribution < -0.4 is 0 Å². The molecule has 3 nitrogen and oxygen atoms in total. The van der Waals surface area contributed by atoms with E-state index in [9.17, 15) is 9.59 Å². The van der Waals surface area contributed by atoms with Gasteiger partial charge in [-0.05, 0) is 103 Å². The van der Waals surface area contributed by atoms with Gasteiger partial charge in [-0.1, -0.05) is 99.7 Å². The summed E-state index contributed by atoms with van der Waals surface area (Å²) in [5.74, 6) is 2.49. The summed E-state index contributed by atoms with van der Waals surface area (Å²) in [6.07, 6.45) is 22.0. The summed E-state index contributed by atoms with van der Waals surface area (Å²) in [6.45, 7) is 8.08. The molecule has 0 radical (unpaired) electrons. The van der Waals surface area contributed by atoms with Gasteiger partial charge in [-0.3, -0.25) is 9.59 Å². The second-order valence-corrected chi connectivity index (χ2v) is 12.9. The largest absolute Gasteiger partial charge is 0.307 e. The first kappa shape index (κ1) is 32.6. The standard InChI is InChI=1S/C39H48O2.CH2O.H2/c1-3-29-16-17-34(26-29)39(41)25-23-33-27-35(38(40)15-9-7-13-30-11-5-6-12-30)22-24-37(33)32-20-18-31(19-21-32)36-14-8-4-10-28(36)2;1-2;/h3-4,8,10,14,16-17,22,24,27,30-32H,1,5-7,9,11-13,15,18-21,23,25-26H2,2H3;1H2;1H. The zero-order chi connectivity index (χ0) is 30.6. The summed E-state index contributed by atoms with van der Waals surface area (Å²) in [5.41, 5.74) is 8.31. The van der Waals surface area contributed by atoms with Gasteiger partial charge >= 0.3 is 0 Å². The van der Waals surface area contributed by atoms with Gasteiger partial charge in [0.1, 0.15) is 6.79 Å². The van der Waals surface area contributed by atoms with E-state index < -0.39 is 0 Å². The van der Waals surface area contributed by atoms with Crippen LogP contribution in [0.4, 0.5) is 0 Å². The topological polar surface area (TPSA) is 51.2 Å². The number of carbonyl (C=O) groups is 3. The molecule has 0 aromatic heterocycles. The SMILES string of the molecule is C=CC1=CC=C(C(=O)CCc2cc(C(=O)CCCCC3CCCC3)ccc2C2CCC(c3ccccc3C)CC2)C1.C=O.[HH]. The first-order valence-corrected chi connectivity index (χ1v) is 16.6. The Morgan fingerprint density at radius 3 is 2.21 bits per heavy atom. The predicted molar refractivity (Wildman–Crippen MR) is 180 cm³/mol. The Bertz CT molecular complexity index is 1320. The van der Waals surface area contributed by atoms with Gasteiger partial charge in [0, 0.05) is 26.3 Å². The number of unbranched alkanes of at least 4 members (excludes halogenated alkanes) is 1. The second-order valence-electron chi connectivity index (χ2n) is 12.9. The molecule has 43 heavy (non-hydrogen) atoms. The predicted octanol–water partition coefficient (Wildman–Crippen LogP) is 10.4. The third-order valence-electron chi connectivity index (χ3n) is 10.1. The number of benzene rings is 2. The Morgan fingerprint density at radius 2 is 1.53 bits per heavy atom. The van der Waals surface area contributed by atoms with Crippen molar-refractivity contribution in [2.24, 2.45) is 5.92 Å². The lowest BCUT2D eigenvalue weighted by Gasteiger charge is -2.31. The molecule has 0 amide bonds. The van der Waals surface area contributed by atoms with Gasteiger partial charge in [-0.15, -0.1) is 0 Å². The normalized spacial score (nSPS) is 20.1. The molecule has 230 valence electrons. The van der Waals surface area contributed by atoms with Crippen LogP contribution in [0, 0.1) is 12.8 Å². The lowest BCUT2D eigenvalue weighted by atomic mass is 9.74. The molecule has 0 spiro atoms. The van der Waals surface area contributed by atoms with Crippen molar-refractivity contribution in [1.29, 1.82) is 0 Å². The van der Waals surface area contributed by atoms with Gasteiger partial charge < -0.3 is 4.79 Å². The van der Waals surface area contributed by atoms with E-state index >= 15 is 0 Å². The van der Waals surface area contributed by atoms with Gasteiger partial charge in [0.05, 0.1) is 0 Å². The van der Waals surface area contributed by atoms with Crippen molar-refractivity contribution in [1.82, 2.24) is 0 Å². The fraction of sp³-hybridized carbons (Fsp3) is 0.475. The number of Topliss-reactive ketones (excluding diaryl/α,β-unsaturated/α-hetero) is 2. The van der Waals surface area contributed by atoms with E-state index in [1.807, 2.05) is 25.0 Å². The maximum Gasteiger partial charge on any atom is 0.162 e. The summed E-state index contributed by atoms with van der Waals surface area (Å²) in [4.78, 5) is 34.3. The summed E-state index contributed by atoms with van der Waals surface area (Å²) >= 11 is 0. The highest BCUT2D eigenvalue weighted by Crippen LogP contribution is 2.42. The number of carbonyl (C=O) groups excluding carboxylic acids is 3. The molecule has 2 fully saturated rings. The molecule has 2 aromatic carbocycles. The van der Waals surface area contributed by atoms with E-state index in [0.29, 0.717) is 37.5 Å². The molecular weight excluding hydrogens is 528 g/mol. The zero-order valence-electron chi connectivity index (χ0n) is 26.3. The number of ketones is 2. The van der Waals surface area contributed by atoms with Gasteiger partial charge in [-0.2, -0.15) is 0 Å². The van der Waals surface area contributed by atoms with Crippen molar-refractivity contribution in [2.45, 2.75) is 115 Å². The van der Waals surface area contributed by atoms with Crippen LogP contribution in [0.3, 0.4) is 0 Å². The molecule has 0 atom stereocenters. The first-order chi connectivity index (χ1) is 21.0. The van der Waals surface area contributed by atoms with Crippen molar-refractivity contribution in [3.63, 3.8) is 0 Å². The van der Waals surface area contributed by atoms with Crippen LogP contribution in [0.1, 0.15) is 136 Å². The van der Waals surface area contributed by atoms with E-state index in [1.54, 1.807) is 0 Å². The molecule has 0 aliphatic heterocycles. The zero-order valence-corrected chi connectivity index (χ0v) is 26.3. The molecule has 0 saturated heterocycles. The van der Waals surface area contributed by atoms with Crippen LogP contribution in [0.5, 0.6) is 0 Å². The molecule has 3 aliphatic carbocycles. The van der Waals surface area contributed by atoms with E-state index in [0.717, 1.165) is 48.3 Å². The lowest BCUT2D eigenvalue weighted by Crippen LogP contribution is -2.15. The van der Waals surface area contributed by atoms with Crippen molar-refractivity contribution >= 4 is 18.4 Å². The van der Waals surface area contributed by atoms with Crippen LogP contribution in [-0.4, -0.2) is 18.4 Å². The molecule has 5 rings (SSSR count). The Kier molecular flexibility index (Phi) is 12.5. The minimum atomic E-state index is 0.